The molecule has 3 heterocycles. The van der Waals surface area contributed by atoms with Gasteiger partial charge in [-0.2, -0.15) is 0 Å². The Morgan fingerprint density at radius 3 is 2.95 bits per heavy atom. The zero-order valence-electron chi connectivity index (χ0n) is 12.0. The zero-order chi connectivity index (χ0) is 15.9. The maximum atomic E-state index is 12.3. The maximum Gasteiger partial charge on any atom is 0.263 e. The van der Waals surface area contributed by atoms with E-state index in [0.29, 0.717) is 29.3 Å². The summed E-state index contributed by atoms with van der Waals surface area (Å²) in [7, 11) is 0. The highest BCUT2D eigenvalue weighted by Crippen LogP contribution is 2.25. The monoisotopic (exact) mass is 341 g/mol. The predicted molar refractivity (Wildman–Crippen MR) is 82.9 cm³/mol. The second kappa shape index (κ2) is 5.89. The summed E-state index contributed by atoms with van der Waals surface area (Å²) in [6, 6.07) is 0.493. The molecular weight excluding hydrogens is 326 g/mol. The van der Waals surface area contributed by atoms with Crippen molar-refractivity contribution >= 4 is 40.7 Å². The lowest BCUT2D eigenvalue weighted by atomic mass is 10.1. The van der Waals surface area contributed by atoms with Crippen molar-refractivity contribution in [3.05, 3.63) is 21.3 Å². The van der Waals surface area contributed by atoms with E-state index >= 15 is 0 Å². The Labute approximate surface area is 136 Å². The number of fused-ring (bicyclic) bond motifs is 1. The number of thiophene rings is 1. The van der Waals surface area contributed by atoms with Gasteiger partial charge in [0, 0.05) is 12.6 Å². The molecule has 2 saturated heterocycles. The van der Waals surface area contributed by atoms with Crippen molar-refractivity contribution in [2.24, 2.45) is 0 Å². The summed E-state index contributed by atoms with van der Waals surface area (Å²) in [5.74, 6) is -0.472. The van der Waals surface area contributed by atoms with Gasteiger partial charge < -0.3 is 15.5 Å². The number of piperazine rings is 1. The molecule has 0 bridgehead atoms. The molecule has 0 saturated carbocycles. The van der Waals surface area contributed by atoms with E-state index in [2.05, 4.69) is 10.6 Å². The van der Waals surface area contributed by atoms with Crippen LogP contribution in [0.4, 0.5) is 0 Å². The third-order valence-corrected chi connectivity index (χ3v) is 5.41. The molecule has 0 spiro atoms. The van der Waals surface area contributed by atoms with Crippen LogP contribution in [-0.2, 0) is 9.59 Å². The minimum absolute atomic E-state index is 0.0713. The molecule has 0 aliphatic carbocycles. The third kappa shape index (κ3) is 2.59. The van der Waals surface area contributed by atoms with Gasteiger partial charge in [0.1, 0.15) is 17.0 Å². The van der Waals surface area contributed by atoms with Crippen molar-refractivity contribution < 1.29 is 14.4 Å². The topological polar surface area (TPSA) is 78.5 Å². The molecule has 1 aromatic rings. The SMILES string of the molecule is CC[C@@H]1NC(=O)[C@@H]2C[C@H](NC(=O)c3sccc3Cl)CN2C1=O. The van der Waals surface area contributed by atoms with Crippen molar-refractivity contribution in [3.8, 4) is 0 Å². The molecule has 1 aromatic heterocycles. The maximum absolute atomic E-state index is 12.3. The molecule has 6 nitrogen and oxygen atoms in total. The first kappa shape index (κ1) is 15.3. The van der Waals surface area contributed by atoms with Gasteiger partial charge in [-0.1, -0.05) is 18.5 Å². The summed E-state index contributed by atoms with van der Waals surface area (Å²) in [5.41, 5.74) is 0. The van der Waals surface area contributed by atoms with Crippen LogP contribution in [0, 0.1) is 0 Å². The minimum atomic E-state index is -0.487. The van der Waals surface area contributed by atoms with Crippen molar-refractivity contribution in [2.75, 3.05) is 6.54 Å². The van der Waals surface area contributed by atoms with E-state index < -0.39 is 12.1 Å². The van der Waals surface area contributed by atoms with Crippen LogP contribution >= 0.6 is 22.9 Å². The lowest BCUT2D eigenvalue weighted by molar-refractivity contribution is -0.147. The number of carbonyl (C=O) groups is 3. The first-order chi connectivity index (χ1) is 10.5. The van der Waals surface area contributed by atoms with E-state index in [9.17, 15) is 14.4 Å². The lowest BCUT2D eigenvalue weighted by Gasteiger charge is -2.33. The summed E-state index contributed by atoms with van der Waals surface area (Å²) in [6.07, 6.45) is 0.998. The number of halogens is 1. The quantitative estimate of drug-likeness (QED) is 0.861. The van der Waals surface area contributed by atoms with E-state index in [0.717, 1.165) is 0 Å². The van der Waals surface area contributed by atoms with E-state index in [-0.39, 0.29) is 23.8 Å². The van der Waals surface area contributed by atoms with E-state index in [1.807, 2.05) is 6.92 Å². The summed E-state index contributed by atoms with van der Waals surface area (Å²) in [6.45, 7) is 2.22. The number of rotatable bonds is 3. The van der Waals surface area contributed by atoms with Gasteiger partial charge in [-0.05, 0) is 24.3 Å². The summed E-state index contributed by atoms with van der Waals surface area (Å²) >= 11 is 7.21. The Kier molecular flexibility index (Phi) is 4.10. The number of nitrogens with zero attached hydrogens (tertiary/aromatic N) is 1. The van der Waals surface area contributed by atoms with Gasteiger partial charge >= 0.3 is 0 Å². The fraction of sp³-hybridized carbons (Fsp3) is 0.500. The molecule has 3 rings (SSSR count). The highest BCUT2D eigenvalue weighted by Gasteiger charge is 2.46. The van der Waals surface area contributed by atoms with Crippen LogP contribution in [0.3, 0.4) is 0 Å². The summed E-state index contributed by atoms with van der Waals surface area (Å²) < 4.78 is 0. The van der Waals surface area contributed by atoms with Crippen LogP contribution in [0.25, 0.3) is 0 Å². The summed E-state index contributed by atoms with van der Waals surface area (Å²) in [5, 5.41) is 7.76. The minimum Gasteiger partial charge on any atom is -0.347 e. The van der Waals surface area contributed by atoms with Crippen LogP contribution in [0.15, 0.2) is 11.4 Å². The molecule has 0 unspecified atom stereocenters. The first-order valence-corrected chi connectivity index (χ1v) is 8.41. The highest BCUT2D eigenvalue weighted by molar-refractivity contribution is 7.12. The normalized spacial score (nSPS) is 27.5. The van der Waals surface area contributed by atoms with Gasteiger partial charge in [0.05, 0.1) is 5.02 Å². The molecule has 3 amide bonds. The highest BCUT2D eigenvalue weighted by atomic mass is 35.5. The van der Waals surface area contributed by atoms with Gasteiger partial charge in [-0.15, -0.1) is 11.3 Å². The Balaban J connectivity index is 1.69. The molecule has 0 aromatic carbocycles. The average molecular weight is 342 g/mol. The van der Waals surface area contributed by atoms with Crippen molar-refractivity contribution in [2.45, 2.75) is 37.9 Å². The molecule has 3 atom stereocenters. The Morgan fingerprint density at radius 1 is 1.55 bits per heavy atom. The van der Waals surface area contributed by atoms with Crippen LogP contribution in [0.1, 0.15) is 29.4 Å². The molecule has 22 heavy (non-hydrogen) atoms. The molecule has 2 N–H and O–H groups in total. The van der Waals surface area contributed by atoms with Crippen molar-refractivity contribution in [1.29, 1.82) is 0 Å². The van der Waals surface area contributed by atoms with Gasteiger partial charge in [-0.3, -0.25) is 14.4 Å². The molecule has 2 aliphatic heterocycles. The van der Waals surface area contributed by atoms with Crippen molar-refractivity contribution in [3.63, 3.8) is 0 Å². The number of nitrogens with one attached hydrogen (secondary N) is 2. The van der Waals surface area contributed by atoms with Gasteiger partial charge in [0.25, 0.3) is 5.91 Å². The van der Waals surface area contributed by atoms with Gasteiger partial charge in [0.15, 0.2) is 0 Å². The number of carbonyl (C=O) groups excluding carboxylic acids is 3. The summed E-state index contributed by atoms with van der Waals surface area (Å²) in [4.78, 5) is 38.6. The van der Waals surface area contributed by atoms with Crippen LogP contribution in [0.2, 0.25) is 5.02 Å². The molecule has 8 heteroatoms. The zero-order valence-corrected chi connectivity index (χ0v) is 13.5. The lowest BCUT2D eigenvalue weighted by Crippen LogP contribution is -2.60. The smallest absolute Gasteiger partial charge is 0.263 e. The molecule has 118 valence electrons. The fourth-order valence-electron chi connectivity index (χ4n) is 2.95. The Morgan fingerprint density at radius 2 is 2.32 bits per heavy atom. The van der Waals surface area contributed by atoms with Crippen LogP contribution in [0.5, 0.6) is 0 Å². The number of hydrogen-bond donors (Lipinski definition) is 2. The second-order valence-corrected chi connectivity index (χ2v) is 6.80. The van der Waals surface area contributed by atoms with Gasteiger partial charge in [0.2, 0.25) is 11.8 Å². The van der Waals surface area contributed by atoms with Crippen LogP contribution < -0.4 is 10.6 Å². The number of amides is 3. The molecular formula is C14H16ClN3O3S. The van der Waals surface area contributed by atoms with E-state index in [4.69, 9.17) is 11.6 Å². The van der Waals surface area contributed by atoms with E-state index in [1.165, 1.54) is 11.3 Å². The largest absolute Gasteiger partial charge is 0.347 e. The van der Waals surface area contributed by atoms with Gasteiger partial charge in [-0.25, -0.2) is 0 Å². The number of hydrogen-bond acceptors (Lipinski definition) is 4. The second-order valence-electron chi connectivity index (χ2n) is 5.48. The fourth-order valence-corrected chi connectivity index (χ4v) is 3.99. The molecule has 2 aliphatic rings. The van der Waals surface area contributed by atoms with E-state index in [1.54, 1.807) is 16.3 Å². The first-order valence-electron chi connectivity index (χ1n) is 7.16. The van der Waals surface area contributed by atoms with Crippen molar-refractivity contribution in [1.82, 2.24) is 15.5 Å². The standard InChI is InChI=1S/C14H16ClN3O3S/c1-2-9-14(21)18-6-7(5-10(18)12(19)17-9)16-13(20)11-8(15)3-4-22-11/h3-4,7,9-10H,2,5-6H2,1H3,(H,16,20)(H,17,19)/t7-,9-,10-/m0/s1. The molecule has 2 fully saturated rings. The average Bonchev–Trinajstić information content (AvgIpc) is 3.09. The Hall–Kier alpha value is -1.60. The van der Waals surface area contributed by atoms with Crippen LogP contribution in [-0.4, -0.2) is 47.3 Å². The Bertz CT molecular complexity index is 633. The predicted octanol–water partition coefficient (Wildman–Crippen LogP) is 1.01. The third-order valence-electron chi connectivity index (χ3n) is 4.07. The molecule has 0 radical (unpaired) electrons.